The van der Waals surface area contributed by atoms with Gasteiger partial charge in [-0.25, -0.2) is 20.1 Å². The Balaban J connectivity index is 0.952. The number of nitrogens with zero attached hydrogens (tertiary/aromatic N) is 10. The van der Waals surface area contributed by atoms with Gasteiger partial charge in [0.2, 0.25) is 47.5 Å². The number of nitrogens with two attached hydrogens (primary N) is 2. The van der Waals surface area contributed by atoms with Crippen LogP contribution >= 0.6 is 24.1 Å². The van der Waals surface area contributed by atoms with E-state index in [0.717, 1.165) is 18.2 Å². The summed E-state index contributed by atoms with van der Waals surface area (Å²) >= 11 is 0.689. The third kappa shape index (κ3) is 15.4. The molecule has 0 atom stereocenters. The van der Waals surface area contributed by atoms with Gasteiger partial charge in [-0.05, 0) is 95.7 Å². The van der Waals surface area contributed by atoms with Gasteiger partial charge in [-0.3, -0.25) is 40.4 Å². The number of carbonyl (C=O) groups excluding carboxylic acids is 2. The molecular weight excluding hydrogens is 1230 g/mol. The highest BCUT2D eigenvalue weighted by molar-refractivity contribution is 7.95. The highest BCUT2D eigenvalue weighted by atomic mass is 32.2. The maximum atomic E-state index is 12.9. The lowest BCUT2D eigenvalue weighted by molar-refractivity contribution is -0.432. The van der Waals surface area contributed by atoms with E-state index in [4.69, 9.17) is 22.0 Å². The minimum Gasteiger partial charge on any atom is -0.505 e. The smallest absolute Gasteiger partial charge is 0.335 e. The normalized spacial score (nSPS) is 11.7. The second kappa shape index (κ2) is 26.5. The van der Waals surface area contributed by atoms with Crippen molar-refractivity contribution in [1.82, 2.24) is 40.8 Å². The average Bonchev–Trinajstić information content (AvgIpc) is 0.972. The summed E-state index contributed by atoms with van der Waals surface area (Å²) in [4.78, 5) is 70.6. The van der Waals surface area contributed by atoms with Crippen molar-refractivity contribution in [3.8, 4) is 11.5 Å². The summed E-state index contributed by atoms with van der Waals surface area (Å²) in [6.45, 7) is 0. The van der Waals surface area contributed by atoms with E-state index in [1.165, 1.54) is 66.7 Å². The number of amides is 2. The van der Waals surface area contributed by atoms with E-state index in [-0.39, 0.29) is 76.8 Å². The van der Waals surface area contributed by atoms with Crippen LogP contribution < -0.4 is 43.8 Å². The van der Waals surface area contributed by atoms with Crippen LogP contribution in [0.2, 0.25) is 0 Å². The Morgan fingerprint density at radius 1 is 0.547 bits per heavy atom. The van der Waals surface area contributed by atoms with E-state index in [1.54, 1.807) is 0 Å². The molecule has 0 saturated carbocycles. The van der Waals surface area contributed by atoms with Crippen molar-refractivity contribution in [2.45, 2.75) is 32.4 Å². The number of hydrogen-bond acceptors (Lipinski definition) is 34. The first-order valence-electron chi connectivity index (χ1n) is 23.0. The van der Waals surface area contributed by atoms with E-state index >= 15 is 0 Å². The third-order valence-electron chi connectivity index (χ3n) is 10.9. The summed E-state index contributed by atoms with van der Waals surface area (Å²) in [5.41, 5.74) is 19.5. The maximum absolute atomic E-state index is 12.9. The lowest BCUT2D eigenvalue weighted by Crippen LogP contribution is -2.34. The lowest BCUT2D eigenvalue weighted by Gasteiger charge is -2.15. The largest absolute Gasteiger partial charge is 0.505 e. The number of hydrazine groups is 2. The molecule has 86 heavy (non-hydrogen) atoms. The van der Waals surface area contributed by atoms with Crippen LogP contribution in [0.4, 0.5) is 69.8 Å². The summed E-state index contributed by atoms with van der Waals surface area (Å²) < 4.78 is 79.3. The van der Waals surface area contributed by atoms with Crippen LogP contribution in [0.15, 0.2) is 125 Å². The van der Waals surface area contributed by atoms with Gasteiger partial charge in [-0.15, -0.1) is 18.9 Å². The number of carboxylic acids is 2. The fourth-order valence-electron chi connectivity index (χ4n) is 7.28. The monoisotopic (exact) mass is 1260 g/mol. The molecule has 2 amide bonds. The Morgan fingerprint density at radius 2 is 1.00 bits per heavy atom. The van der Waals surface area contributed by atoms with E-state index in [2.05, 4.69) is 101 Å². The zero-order valence-corrected chi connectivity index (χ0v) is 45.5. The molecule has 0 unspecified atom stereocenters. The molecule has 446 valence electrons. The van der Waals surface area contributed by atoms with Gasteiger partial charge in [0.15, 0.2) is 11.5 Å². The van der Waals surface area contributed by atoms with Crippen molar-refractivity contribution in [3.63, 3.8) is 0 Å². The first-order chi connectivity index (χ1) is 40.9. The molecule has 38 nitrogen and oxygen atoms in total. The number of aromatic hydroxyl groups is 2. The molecule has 42 heteroatoms. The van der Waals surface area contributed by atoms with Crippen molar-refractivity contribution in [2.75, 3.05) is 33.0 Å². The number of phenolic OH excluding ortho intramolecular Hbond substituents is 2. The van der Waals surface area contributed by atoms with Crippen LogP contribution in [0.5, 0.6) is 11.5 Å². The number of aromatic nitrogens is 6. The molecule has 0 radical (unpaired) electrons. The van der Waals surface area contributed by atoms with E-state index in [1.807, 2.05) is 0 Å². The second-order valence-corrected chi connectivity index (χ2v) is 20.9. The molecule has 2 heterocycles. The van der Waals surface area contributed by atoms with Crippen LogP contribution in [0.1, 0.15) is 33.6 Å². The van der Waals surface area contributed by atoms with Gasteiger partial charge in [0.05, 0.1) is 67.8 Å². The number of carboxylic acid groups (broad SMARTS) is 2. The fourth-order valence-corrected chi connectivity index (χ4v) is 9.43. The van der Waals surface area contributed by atoms with Crippen LogP contribution in [-0.4, -0.2) is 111 Å². The quantitative estimate of drug-likeness (QED) is 0.00971. The number of fused-ring (bicyclic) bond motifs is 2. The molecule has 2 aromatic heterocycles. The standard InChI is InChI=1S/C44H36N18O20S4/c45-39-49-41(47-25-15-23(83-81-79-71)11-19-14-28(86(76,77)78)34(36(66)31(19)25)60-56-22-7-3-18(4-8-22)38(69)70)53-43(51-39)61-57-29(63)9-10-30(64)58-62-44-52-40(46)50-42(54-44)48-26-16-24(85(73,74)75)12-20-13-27(84-82-80-72)33(35(65)32(20)26)59-55-21-5-1-17(2-6-21)37(67)68/h1-8,11-16,65-66,71-72H,9-10H2,(H,57,63)(H,58,64)(H,67,68)(H,69,70)(H,73,74,75)(H,76,77,78)(H4,45,47,49,51,53,61)(H4,46,48,50,52,54,62). The molecule has 6 aromatic carbocycles. The minimum atomic E-state index is -5.15. The Bertz CT molecular complexity index is 4290. The number of rotatable bonds is 25. The molecule has 8 aromatic rings. The number of azo groups is 2. The summed E-state index contributed by atoms with van der Waals surface area (Å²) in [6.07, 6.45) is -1.02. The number of aromatic carboxylic acids is 2. The fraction of sp³-hybridized carbons (Fsp3) is 0.0455. The van der Waals surface area contributed by atoms with E-state index in [0.29, 0.717) is 24.1 Å². The minimum absolute atomic E-state index is 0.0149. The molecular formula is C44H36N18O20S4. The Labute approximate surface area is 486 Å². The average molecular weight is 1270 g/mol. The lowest BCUT2D eigenvalue weighted by atomic mass is 10.1. The van der Waals surface area contributed by atoms with Gasteiger partial charge in [0, 0.05) is 28.5 Å². The van der Waals surface area contributed by atoms with Crippen molar-refractivity contribution in [1.29, 1.82) is 0 Å². The maximum Gasteiger partial charge on any atom is 0.335 e. The van der Waals surface area contributed by atoms with Crippen molar-refractivity contribution in [3.05, 3.63) is 96.1 Å². The molecule has 0 saturated heterocycles. The van der Waals surface area contributed by atoms with Crippen LogP contribution in [0.3, 0.4) is 0 Å². The highest BCUT2D eigenvalue weighted by Crippen LogP contribution is 2.49. The Morgan fingerprint density at radius 3 is 1.48 bits per heavy atom. The first-order valence-corrected chi connectivity index (χ1v) is 27.3. The second-order valence-electron chi connectivity index (χ2n) is 16.6. The molecule has 0 spiro atoms. The van der Waals surface area contributed by atoms with Gasteiger partial charge in [0.1, 0.15) is 16.3 Å². The van der Waals surface area contributed by atoms with E-state index in [9.17, 15) is 65.5 Å². The number of carbonyl (C=O) groups is 4. The Hall–Kier alpha value is -10.4. The third-order valence-corrected chi connectivity index (χ3v) is 13.8. The predicted octanol–water partition coefficient (Wildman–Crippen LogP) is 6.37. The molecule has 0 aliphatic carbocycles. The van der Waals surface area contributed by atoms with Gasteiger partial charge in [-0.2, -0.15) is 57.0 Å². The molecule has 0 fully saturated rings. The molecule has 0 aliphatic rings. The zero-order valence-electron chi connectivity index (χ0n) is 42.2. The van der Waals surface area contributed by atoms with Gasteiger partial charge in [0.25, 0.3) is 20.2 Å². The summed E-state index contributed by atoms with van der Waals surface area (Å²) in [7, 11) is -10.1. The molecule has 0 bridgehead atoms. The first kappa shape index (κ1) is 61.7. The summed E-state index contributed by atoms with van der Waals surface area (Å²) in [5.74, 6) is -8.33. The Kier molecular flexibility index (Phi) is 19.0. The number of benzene rings is 6. The molecule has 0 aliphatic heterocycles. The highest BCUT2D eigenvalue weighted by Gasteiger charge is 2.26. The van der Waals surface area contributed by atoms with Crippen molar-refractivity contribution in [2.24, 2.45) is 20.5 Å². The SMILES string of the molecule is Nc1nc(NNC(=O)CCC(=O)NNc2nc(N)nc(Nc3cc(SOOO)cc4cc(S(=O)(=O)O)c(N=Nc5ccc(C(=O)O)cc5)c(O)c34)n2)nc(Nc2cc(S(=O)(=O)O)cc3cc(SOOO)c(N=Nc4ccc(C(=O)O)cc4)c(O)c23)n1. The van der Waals surface area contributed by atoms with E-state index < -0.39 is 114 Å². The molecule has 8 rings (SSSR count). The van der Waals surface area contributed by atoms with Gasteiger partial charge >= 0.3 is 11.9 Å². The number of nitrogen functional groups attached to an aromatic ring is 2. The predicted molar refractivity (Wildman–Crippen MR) is 295 cm³/mol. The van der Waals surface area contributed by atoms with Gasteiger partial charge in [-0.1, -0.05) is 10.1 Å². The number of phenols is 2. The number of nitrogens with one attached hydrogen (secondary N) is 6. The molecule has 18 N–H and O–H groups in total. The van der Waals surface area contributed by atoms with Gasteiger partial charge < -0.3 is 42.5 Å². The van der Waals surface area contributed by atoms with Crippen LogP contribution in [0, 0.1) is 0 Å². The summed E-state index contributed by atoms with van der Waals surface area (Å²) in [6, 6.07) is 16.4. The van der Waals surface area contributed by atoms with Crippen LogP contribution in [0.25, 0.3) is 21.5 Å². The zero-order chi connectivity index (χ0) is 62.0. The number of anilines is 8. The number of hydrogen-bond donors (Lipinski definition) is 16. The van der Waals surface area contributed by atoms with Crippen molar-refractivity contribution < 1.29 is 94.8 Å². The van der Waals surface area contributed by atoms with Crippen molar-refractivity contribution >= 4 is 159 Å². The van der Waals surface area contributed by atoms with Crippen LogP contribution in [-0.2, 0) is 48.6 Å². The summed E-state index contributed by atoms with van der Waals surface area (Å²) in [5, 5.41) is 87.2. The topological polar surface area (TPSA) is 586 Å².